The zero-order valence-electron chi connectivity index (χ0n) is 15.0. The first-order valence-electron chi connectivity index (χ1n) is 8.19. The third kappa shape index (κ3) is 5.99. The Balaban J connectivity index is 0.00000288. The Labute approximate surface area is 161 Å². The fourth-order valence-corrected chi connectivity index (χ4v) is 2.56. The Hall–Kier alpha value is -1.25. The lowest BCUT2D eigenvalue weighted by Gasteiger charge is -2.36. The van der Waals surface area contributed by atoms with E-state index in [-0.39, 0.29) is 29.9 Å². The van der Waals surface area contributed by atoms with E-state index >= 15 is 0 Å². The van der Waals surface area contributed by atoms with Gasteiger partial charge in [0.25, 0.3) is 5.91 Å². The van der Waals surface area contributed by atoms with Crippen molar-refractivity contribution in [3.05, 3.63) is 24.2 Å². The van der Waals surface area contributed by atoms with Crippen molar-refractivity contribution in [1.82, 2.24) is 15.1 Å². The van der Waals surface area contributed by atoms with Gasteiger partial charge in [-0.2, -0.15) is 0 Å². The molecule has 0 aliphatic carbocycles. The highest BCUT2D eigenvalue weighted by Crippen LogP contribution is 2.17. The molecule has 2 heterocycles. The second-order valence-corrected chi connectivity index (χ2v) is 7.04. The van der Waals surface area contributed by atoms with Crippen molar-refractivity contribution in [2.45, 2.75) is 27.2 Å². The summed E-state index contributed by atoms with van der Waals surface area (Å²) in [6.45, 7) is 10.5. The Morgan fingerprint density at radius 2 is 1.88 bits per heavy atom. The third-order valence-electron chi connectivity index (χ3n) is 3.97. The monoisotopic (exact) mass is 448 g/mol. The van der Waals surface area contributed by atoms with E-state index in [1.54, 1.807) is 19.2 Å². The number of amides is 1. The average molecular weight is 448 g/mol. The summed E-state index contributed by atoms with van der Waals surface area (Å²) in [4.78, 5) is 20.7. The van der Waals surface area contributed by atoms with Gasteiger partial charge in [0.15, 0.2) is 11.7 Å². The Bertz CT molecular complexity index is 529. The summed E-state index contributed by atoms with van der Waals surface area (Å²) in [7, 11) is 1.81. The number of rotatable bonds is 3. The summed E-state index contributed by atoms with van der Waals surface area (Å²) in [5.41, 5.74) is 0.306. The molecule has 0 radical (unpaired) electrons. The third-order valence-corrected chi connectivity index (χ3v) is 3.97. The van der Waals surface area contributed by atoms with E-state index in [1.165, 1.54) is 6.26 Å². The van der Waals surface area contributed by atoms with Crippen molar-refractivity contribution >= 4 is 35.8 Å². The van der Waals surface area contributed by atoms with E-state index in [9.17, 15) is 4.79 Å². The number of aliphatic imine (C=N–C) groups is 1. The number of furan rings is 1. The average Bonchev–Trinajstić information content (AvgIpc) is 3.04. The normalized spacial score (nSPS) is 15.9. The van der Waals surface area contributed by atoms with Crippen molar-refractivity contribution in [1.29, 1.82) is 0 Å². The molecule has 0 aromatic carbocycles. The maximum absolute atomic E-state index is 12.3. The molecule has 7 heteroatoms. The van der Waals surface area contributed by atoms with Crippen LogP contribution in [0.5, 0.6) is 0 Å². The van der Waals surface area contributed by atoms with Gasteiger partial charge in [-0.3, -0.25) is 9.79 Å². The van der Waals surface area contributed by atoms with E-state index < -0.39 is 0 Å². The first kappa shape index (κ1) is 20.8. The van der Waals surface area contributed by atoms with Crippen LogP contribution in [0.4, 0.5) is 0 Å². The van der Waals surface area contributed by atoms with Crippen LogP contribution >= 0.6 is 24.0 Å². The van der Waals surface area contributed by atoms with Crippen LogP contribution in [-0.2, 0) is 0 Å². The minimum Gasteiger partial charge on any atom is -0.459 e. The van der Waals surface area contributed by atoms with Crippen LogP contribution in [0.3, 0.4) is 0 Å². The van der Waals surface area contributed by atoms with Gasteiger partial charge >= 0.3 is 0 Å². The fraction of sp³-hybridized carbons (Fsp3) is 0.647. The first-order chi connectivity index (χ1) is 10.9. The number of carbonyl (C=O) groups excluding carboxylic acids is 1. The smallest absolute Gasteiger partial charge is 0.289 e. The topological polar surface area (TPSA) is 61.1 Å². The second kappa shape index (κ2) is 9.29. The molecule has 1 aromatic heterocycles. The molecule has 1 aliphatic heterocycles. The predicted molar refractivity (Wildman–Crippen MR) is 107 cm³/mol. The molecule has 1 aromatic rings. The van der Waals surface area contributed by atoms with Crippen LogP contribution in [0.15, 0.2) is 27.8 Å². The summed E-state index contributed by atoms with van der Waals surface area (Å²) >= 11 is 0. The molecular formula is C17H29IN4O2. The molecule has 0 unspecified atom stereocenters. The summed E-state index contributed by atoms with van der Waals surface area (Å²) in [6.07, 6.45) is 2.62. The first-order valence-corrected chi connectivity index (χ1v) is 8.19. The Morgan fingerprint density at radius 3 is 2.38 bits per heavy atom. The lowest BCUT2D eigenvalue weighted by molar-refractivity contribution is 0.0657. The van der Waals surface area contributed by atoms with E-state index in [4.69, 9.17) is 4.42 Å². The number of nitrogens with zero attached hydrogens (tertiary/aromatic N) is 3. The van der Waals surface area contributed by atoms with Gasteiger partial charge in [0.2, 0.25) is 0 Å². The highest BCUT2D eigenvalue weighted by molar-refractivity contribution is 14.0. The summed E-state index contributed by atoms with van der Waals surface area (Å²) in [5, 5.41) is 3.42. The van der Waals surface area contributed by atoms with E-state index in [2.05, 4.69) is 36.0 Å². The van der Waals surface area contributed by atoms with Crippen LogP contribution in [0.2, 0.25) is 0 Å². The number of hydrogen-bond donors (Lipinski definition) is 1. The van der Waals surface area contributed by atoms with Gasteiger partial charge in [0.05, 0.1) is 6.26 Å². The zero-order valence-corrected chi connectivity index (χ0v) is 17.4. The lowest BCUT2D eigenvalue weighted by atomic mass is 9.92. The highest BCUT2D eigenvalue weighted by atomic mass is 127. The molecule has 1 amide bonds. The summed E-state index contributed by atoms with van der Waals surface area (Å²) < 4.78 is 5.19. The maximum atomic E-state index is 12.3. The predicted octanol–water partition coefficient (Wildman–Crippen LogP) is 2.67. The quantitative estimate of drug-likeness (QED) is 0.439. The molecule has 1 fully saturated rings. The molecule has 0 atom stereocenters. The van der Waals surface area contributed by atoms with Crippen molar-refractivity contribution in [3.8, 4) is 0 Å². The van der Waals surface area contributed by atoms with Gasteiger partial charge in [-0.15, -0.1) is 24.0 Å². The van der Waals surface area contributed by atoms with Crippen molar-refractivity contribution < 1.29 is 9.21 Å². The molecular weight excluding hydrogens is 419 g/mol. The molecule has 1 saturated heterocycles. The van der Waals surface area contributed by atoms with Crippen LogP contribution in [0.1, 0.15) is 37.7 Å². The summed E-state index contributed by atoms with van der Waals surface area (Å²) in [5.74, 6) is 1.29. The molecule has 1 aliphatic rings. The number of guanidine groups is 1. The van der Waals surface area contributed by atoms with Crippen LogP contribution in [0.25, 0.3) is 0 Å². The lowest BCUT2D eigenvalue weighted by Crippen LogP contribution is -2.54. The van der Waals surface area contributed by atoms with E-state index in [0.29, 0.717) is 24.3 Å². The zero-order chi connectivity index (χ0) is 16.9. The van der Waals surface area contributed by atoms with Gasteiger partial charge in [-0.25, -0.2) is 0 Å². The molecule has 2 rings (SSSR count). The SMILES string of the molecule is CN=C(NCCC(C)(C)C)N1CCN(C(=O)c2ccco2)CC1.I. The molecule has 136 valence electrons. The Morgan fingerprint density at radius 1 is 1.25 bits per heavy atom. The van der Waals surface area contributed by atoms with Crippen molar-refractivity contribution in [3.63, 3.8) is 0 Å². The van der Waals surface area contributed by atoms with E-state index in [0.717, 1.165) is 32.0 Å². The number of halogens is 1. The largest absolute Gasteiger partial charge is 0.459 e. The molecule has 6 nitrogen and oxygen atoms in total. The number of piperazine rings is 1. The van der Waals surface area contributed by atoms with E-state index in [1.807, 2.05) is 4.90 Å². The van der Waals surface area contributed by atoms with Gasteiger partial charge in [0, 0.05) is 39.8 Å². The van der Waals surface area contributed by atoms with Gasteiger partial charge < -0.3 is 19.5 Å². The number of carbonyl (C=O) groups is 1. The standard InChI is InChI=1S/C17H28N4O2.HI/c1-17(2,3)7-8-19-16(18-4)21-11-9-20(10-12-21)15(22)14-6-5-13-23-14;/h5-6,13H,7-12H2,1-4H3,(H,18,19);1H. The van der Waals surface area contributed by atoms with Crippen LogP contribution in [-0.4, -0.2) is 61.4 Å². The molecule has 0 spiro atoms. The van der Waals surface area contributed by atoms with Gasteiger partial charge in [-0.1, -0.05) is 20.8 Å². The summed E-state index contributed by atoms with van der Waals surface area (Å²) in [6, 6.07) is 3.45. The van der Waals surface area contributed by atoms with Gasteiger partial charge in [0.1, 0.15) is 0 Å². The molecule has 0 bridgehead atoms. The van der Waals surface area contributed by atoms with Crippen LogP contribution < -0.4 is 5.32 Å². The number of nitrogens with one attached hydrogen (secondary N) is 1. The Kier molecular flexibility index (Phi) is 8.05. The minimum atomic E-state index is -0.0367. The van der Waals surface area contributed by atoms with Crippen LogP contribution in [0, 0.1) is 5.41 Å². The number of hydrogen-bond acceptors (Lipinski definition) is 3. The second-order valence-electron chi connectivity index (χ2n) is 7.04. The van der Waals surface area contributed by atoms with Crippen molar-refractivity contribution in [2.24, 2.45) is 10.4 Å². The van der Waals surface area contributed by atoms with Crippen molar-refractivity contribution in [2.75, 3.05) is 39.8 Å². The van der Waals surface area contributed by atoms with Gasteiger partial charge in [-0.05, 0) is 24.0 Å². The minimum absolute atomic E-state index is 0. The molecule has 0 saturated carbocycles. The maximum Gasteiger partial charge on any atom is 0.289 e. The molecule has 24 heavy (non-hydrogen) atoms. The fourth-order valence-electron chi connectivity index (χ4n) is 2.56. The molecule has 1 N–H and O–H groups in total. The highest BCUT2D eigenvalue weighted by Gasteiger charge is 2.25.